The summed E-state index contributed by atoms with van der Waals surface area (Å²) in [6, 6.07) is 12.2. The zero-order valence-corrected chi connectivity index (χ0v) is 18.4. The molecule has 1 heterocycles. The molecule has 0 bridgehead atoms. The van der Waals surface area contributed by atoms with Crippen molar-refractivity contribution < 1.29 is 14.6 Å². The number of carbonyl (C=O) groups is 1. The van der Waals surface area contributed by atoms with Crippen LogP contribution in [0.1, 0.15) is 86.6 Å². The number of ether oxygens (including phenoxy) is 1. The summed E-state index contributed by atoms with van der Waals surface area (Å²) in [6.07, 6.45) is 7.59. The lowest BCUT2D eigenvalue weighted by molar-refractivity contribution is -0.132. The second-order valence-corrected chi connectivity index (χ2v) is 10.1. The highest BCUT2D eigenvalue weighted by Gasteiger charge is 2.54. The van der Waals surface area contributed by atoms with Crippen LogP contribution in [0.3, 0.4) is 0 Å². The molecule has 0 aromatic heterocycles. The summed E-state index contributed by atoms with van der Waals surface area (Å²) in [5, 5.41) is 9.03. The molecule has 3 nitrogen and oxygen atoms in total. The lowest BCUT2D eigenvalue weighted by atomic mass is 9.75. The molecule has 2 aliphatic carbocycles. The molecule has 0 radical (unpaired) electrons. The van der Waals surface area contributed by atoms with Gasteiger partial charge in [0.1, 0.15) is 11.4 Å². The van der Waals surface area contributed by atoms with Crippen molar-refractivity contribution in [1.29, 1.82) is 0 Å². The summed E-state index contributed by atoms with van der Waals surface area (Å²) in [6.45, 7) is 6.28. The Morgan fingerprint density at radius 1 is 1.10 bits per heavy atom. The molecule has 2 aromatic rings. The molecule has 158 valence electrons. The summed E-state index contributed by atoms with van der Waals surface area (Å²) in [7, 11) is 0. The first-order chi connectivity index (χ1) is 14.7. The van der Waals surface area contributed by atoms with Crippen LogP contribution >= 0.6 is 0 Å². The number of fused-ring (bicyclic) bond motifs is 1. The van der Waals surface area contributed by atoms with Gasteiger partial charge in [0, 0.05) is 22.3 Å². The zero-order chi connectivity index (χ0) is 21.8. The van der Waals surface area contributed by atoms with Crippen molar-refractivity contribution in [2.75, 3.05) is 0 Å². The third-order valence-corrected chi connectivity index (χ3v) is 6.74. The van der Waals surface area contributed by atoms with Gasteiger partial charge in [0.15, 0.2) is 0 Å². The fourth-order valence-corrected chi connectivity index (χ4v) is 4.73. The van der Waals surface area contributed by atoms with Gasteiger partial charge in [-0.15, -0.1) is 0 Å². The number of hydrogen-bond acceptors (Lipinski definition) is 2. The summed E-state index contributed by atoms with van der Waals surface area (Å²) < 4.78 is 6.58. The first kappa shape index (κ1) is 19.9. The summed E-state index contributed by atoms with van der Waals surface area (Å²) in [5.41, 5.74) is 6.00. The lowest BCUT2D eigenvalue weighted by Crippen LogP contribution is -2.36. The van der Waals surface area contributed by atoms with E-state index < -0.39 is 5.97 Å². The van der Waals surface area contributed by atoms with Crippen LogP contribution in [0.15, 0.2) is 42.0 Å². The van der Waals surface area contributed by atoms with Gasteiger partial charge < -0.3 is 9.84 Å². The number of carboxylic acid groups (broad SMARTS) is 1. The van der Waals surface area contributed by atoms with Crippen LogP contribution < -0.4 is 4.74 Å². The van der Waals surface area contributed by atoms with E-state index in [1.807, 2.05) is 24.3 Å². The molecule has 3 heteroatoms. The Hall–Kier alpha value is -2.99. The Morgan fingerprint density at radius 2 is 1.77 bits per heavy atom. The SMILES string of the molecule is CC(=Cc1ccc(C#Cc2cc(C3CC3)c3c(c2)C(C)(C)CC2(CC2)O3)cc1)C(=O)O. The van der Waals surface area contributed by atoms with E-state index in [0.717, 1.165) is 28.9 Å². The molecule has 0 amide bonds. The Labute approximate surface area is 184 Å². The average molecular weight is 413 g/mol. The van der Waals surface area contributed by atoms with Gasteiger partial charge in [0.25, 0.3) is 0 Å². The minimum atomic E-state index is -0.901. The fourth-order valence-electron chi connectivity index (χ4n) is 4.73. The van der Waals surface area contributed by atoms with E-state index in [1.54, 1.807) is 13.0 Å². The molecule has 2 saturated carbocycles. The molecule has 3 aliphatic rings. The van der Waals surface area contributed by atoms with Crippen LogP contribution in [0.2, 0.25) is 0 Å². The normalized spacial score (nSPS) is 20.3. The second kappa shape index (κ2) is 7.02. The average Bonchev–Trinajstić information content (AvgIpc) is 3.64. The predicted octanol–water partition coefficient (Wildman–Crippen LogP) is 6.04. The van der Waals surface area contributed by atoms with Crippen LogP contribution in [0.4, 0.5) is 0 Å². The highest BCUT2D eigenvalue weighted by molar-refractivity contribution is 5.91. The van der Waals surface area contributed by atoms with Gasteiger partial charge in [-0.25, -0.2) is 4.79 Å². The van der Waals surface area contributed by atoms with E-state index in [-0.39, 0.29) is 11.0 Å². The molecule has 2 aromatic carbocycles. The number of rotatable bonds is 3. The fraction of sp³-hybridized carbons (Fsp3) is 0.393. The summed E-state index contributed by atoms with van der Waals surface area (Å²) in [5.74, 6) is 7.52. The summed E-state index contributed by atoms with van der Waals surface area (Å²) >= 11 is 0. The van der Waals surface area contributed by atoms with E-state index in [0.29, 0.717) is 11.5 Å². The molecule has 0 unspecified atom stereocenters. The van der Waals surface area contributed by atoms with Crippen LogP contribution in [-0.4, -0.2) is 16.7 Å². The number of benzene rings is 2. The van der Waals surface area contributed by atoms with Crippen molar-refractivity contribution in [3.63, 3.8) is 0 Å². The van der Waals surface area contributed by atoms with E-state index in [9.17, 15) is 4.79 Å². The van der Waals surface area contributed by atoms with Gasteiger partial charge in [-0.1, -0.05) is 37.8 Å². The maximum atomic E-state index is 11.0. The topological polar surface area (TPSA) is 46.5 Å². The molecule has 0 atom stereocenters. The molecule has 0 saturated heterocycles. The van der Waals surface area contributed by atoms with Crippen molar-refractivity contribution >= 4 is 12.0 Å². The summed E-state index contributed by atoms with van der Waals surface area (Å²) in [4.78, 5) is 11.0. The zero-order valence-electron chi connectivity index (χ0n) is 18.4. The van der Waals surface area contributed by atoms with Crippen LogP contribution in [-0.2, 0) is 10.2 Å². The molecule has 1 aliphatic heterocycles. The Balaban J connectivity index is 1.46. The van der Waals surface area contributed by atoms with E-state index in [4.69, 9.17) is 9.84 Å². The Kier molecular flexibility index (Phi) is 4.52. The molecule has 1 spiro atoms. The van der Waals surface area contributed by atoms with Gasteiger partial charge in [-0.05, 0) is 91.8 Å². The number of hydrogen-bond donors (Lipinski definition) is 1. The van der Waals surface area contributed by atoms with E-state index >= 15 is 0 Å². The number of carboxylic acids is 1. The van der Waals surface area contributed by atoms with Gasteiger partial charge in [-0.3, -0.25) is 0 Å². The smallest absolute Gasteiger partial charge is 0.331 e. The van der Waals surface area contributed by atoms with E-state index in [2.05, 4.69) is 37.8 Å². The Morgan fingerprint density at radius 3 is 2.39 bits per heavy atom. The van der Waals surface area contributed by atoms with Crippen molar-refractivity contribution in [3.8, 4) is 17.6 Å². The minimum Gasteiger partial charge on any atom is -0.487 e. The molecule has 1 N–H and O–H groups in total. The van der Waals surface area contributed by atoms with Crippen molar-refractivity contribution in [2.45, 2.75) is 69.8 Å². The Bertz CT molecular complexity index is 1150. The van der Waals surface area contributed by atoms with Crippen LogP contribution in [0, 0.1) is 11.8 Å². The first-order valence-electron chi connectivity index (χ1n) is 11.2. The third-order valence-electron chi connectivity index (χ3n) is 6.74. The molecule has 5 rings (SSSR count). The quantitative estimate of drug-likeness (QED) is 0.493. The molecule has 2 fully saturated rings. The first-order valence-corrected chi connectivity index (χ1v) is 11.2. The van der Waals surface area contributed by atoms with Gasteiger partial charge in [0.05, 0.1) is 0 Å². The van der Waals surface area contributed by atoms with E-state index in [1.165, 1.54) is 36.8 Å². The van der Waals surface area contributed by atoms with Crippen molar-refractivity contribution in [2.24, 2.45) is 0 Å². The maximum Gasteiger partial charge on any atom is 0.331 e. The monoisotopic (exact) mass is 412 g/mol. The second-order valence-electron chi connectivity index (χ2n) is 10.1. The van der Waals surface area contributed by atoms with Crippen LogP contribution in [0.25, 0.3) is 6.08 Å². The minimum absolute atomic E-state index is 0.0858. The number of aliphatic carboxylic acids is 1. The molecule has 31 heavy (non-hydrogen) atoms. The lowest BCUT2D eigenvalue weighted by Gasteiger charge is -2.39. The third kappa shape index (κ3) is 4.00. The standard InChI is InChI=1S/C28H28O3/c1-18(26(29)30)14-20-7-4-19(5-8-20)6-9-21-15-23(22-10-11-22)25-24(16-21)27(2,3)17-28(31-25)12-13-28/h4-5,7-8,14-16,22H,10-13,17H2,1-3H3,(H,29,30). The highest BCUT2D eigenvalue weighted by Crippen LogP contribution is 2.58. The largest absolute Gasteiger partial charge is 0.487 e. The van der Waals surface area contributed by atoms with Crippen molar-refractivity contribution in [3.05, 3.63) is 69.8 Å². The van der Waals surface area contributed by atoms with Gasteiger partial charge >= 0.3 is 5.97 Å². The van der Waals surface area contributed by atoms with Gasteiger partial charge in [-0.2, -0.15) is 0 Å². The van der Waals surface area contributed by atoms with Gasteiger partial charge in [0.2, 0.25) is 0 Å². The maximum absolute atomic E-state index is 11.0. The van der Waals surface area contributed by atoms with Crippen LogP contribution in [0.5, 0.6) is 5.75 Å². The van der Waals surface area contributed by atoms with Crippen molar-refractivity contribution in [1.82, 2.24) is 0 Å². The molecular formula is C28H28O3. The predicted molar refractivity (Wildman–Crippen MR) is 122 cm³/mol. The highest BCUT2D eigenvalue weighted by atomic mass is 16.5. The molecular weight excluding hydrogens is 384 g/mol.